The monoisotopic (exact) mass is 395 g/mol. The number of pyridine rings is 1. The number of para-hydroxylation sites is 1. The largest absolute Gasteiger partial charge is 0.491 e. The fourth-order valence-electron chi connectivity index (χ4n) is 2.67. The Hall–Kier alpha value is -3.14. The van der Waals surface area contributed by atoms with Crippen LogP contribution in [-0.2, 0) is 19.8 Å². The van der Waals surface area contributed by atoms with Gasteiger partial charge in [0, 0.05) is 7.05 Å². The number of rotatable bonds is 5. The quantitative estimate of drug-likeness (QED) is 0.709. The van der Waals surface area contributed by atoms with E-state index in [4.69, 9.17) is 4.74 Å². The Balaban J connectivity index is 1.91. The Bertz CT molecular complexity index is 1110. The number of nitrogens with zero attached hydrogens (tertiary/aromatic N) is 3. The summed E-state index contributed by atoms with van der Waals surface area (Å²) < 4.78 is 45.5. The summed E-state index contributed by atoms with van der Waals surface area (Å²) in [6.07, 6.45) is -5.89. The molecule has 0 radical (unpaired) electrons. The van der Waals surface area contributed by atoms with Crippen molar-refractivity contribution in [3.8, 4) is 5.75 Å². The molecule has 1 N–H and O–H groups in total. The summed E-state index contributed by atoms with van der Waals surface area (Å²) in [5.74, 6) is 0.504. The summed E-state index contributed by atoms with van der Waals surface area (Å²) in [7, 11) is 1.21. The van der Waals surface area contributed by atoms with E-state index in [2.05, 4.69) is 4.98 Å². The van der Waals surface area contributed by atoms with Gasteiger partial charge in [0.25, 0.3) is 5.56 Å². The molecule has 0 spiro atoms. The predicted molar refractivity (Wildman–Crippen MR) is 94.2 cm³/mol. The molecule has 0 fully saturated rings. The van der Waals surface area contributed by atoms with Gasteiger partial charge in [0.2, 0.25) is 0 Å². The fourth-order valence-corrected chi connectivity index (χ4v) is 2.67. The highest BCUT2D eigenvalue weighted by atomic mass is 19.4. The molecule has 0 amide bonds. The Morgan fingerprint density at radius 1 is 1.14 bits per heavy atom. The first kappa shape index (κ1) is 19.6. The lowest BCUT2D eigenvalue weighted by molar-refractivity contribution is -0.141. The van der Waals surface area contributed by atoms with Gasteiger partial charge in [0.05, 0.1) is 11.9 Å². The molecule has 3 aromatic rings. The summed E-state index contributed by atoms with van der Waals surface area (Å²) in [4.78, 5) is 28.4. The van der Waals surface area contributed by atoms with Gasteiger partial charge in [0.15, 0.2) is 0 Å². The molecule has 7 nitrogen and oxygen atoms in total. The van der Waals surface area contributed by atoms with Gasteiger partial charge in [-0.1, -0.05) is 18.2 Å². The van der Waals surface area contributed by atoms with Crippen molar-refractivity contribution in [2.45, 2.75) is 18.8 Å². The minimum Gasteiger partial charge on any atom is -0.491 e. The topological polar surface area (TPSA) is 86.4 Å². The van der Waals surface area contributed by atoms with E-state index in [1.165, 1.54) is 7.05 Å². The average Bonchev–Trinajstić information content (AvgIpc) is 2.67. The zero-order valence-corrected chi connectivity index (χ0v) is 14.7. The molecule has 10 heteroatoms. The smallest absolute Gasteiger partial charge is 0.433 e. The van der Waals surface area contributed by atoms with E-state index >= 15 is 0 Å². The van der Waals surface area contributed by atoms with Crippen LogP contribution in [0.1, 0.15) is 5.69 Å². The molecule has 1 atom stereocenters. The second kappa shape index (κ2) is 7.47. The summed E-state index contributed by atoms with van der Waals surface area (Å²) in [5.41, 5.74) is -3.30. The van der Waals surface area contributed by atoms with Crippen LogP contribution in [-0.4, -0.2) is 31.9 Å². The zero-order valence-electron chi connectivity index (χ0n) is 14.7. The van der Waals surface area contributed by atoms with Crippen LogP contribution in [0.3, 0.4) is 0 Å². The molecule has 148 valence electrons. The molecule has 0 unspecified atom stereocenters. The van der Waals surface area contributed by atoms with Crippen molar-refractivity contribution in [2.75, 3.05) is 6.61 Å². The maximum atomic E-state index is 12.8. The number of aromatic nitrogens is 3. The van der Waals surface area contributed by atoms with Gasteiger partial charge in [-0.15, -0.1) is 0 Å². The summed E-state index contributed by atoms with van der Waals surface area (Å²) >= 11 is 0. The molecular formula is C18H16F3N3O4. The van der Waals surface area contributed by atoms with Crippen molar-refractivity contribution in [3.05, 3.63) is 69.0 Å². The number of fused-ring (bicyclic) bond motifs is 1. The van der Waals surface area contributed by atoms with Crippen molar-refractivity contribution in [1.29, 1.82) is 0 Å². The van der Waals surface area contributed by atoms with Gasteiger partial charge >= 0.3 is 11.9 Å². The number of hydrogen-bond donors (Lipinski definition) is 1. The number of aryl methyl sites for hydroxylation is 1. The van der Waals surface area contributed by atoms with Gasteiger partial charge in [0.1, 0.15) is 29.8 Å². The van der Waals surface area contributed by atoms with Crippen molar-refractivity contribution in [1.82, 2.24) is 14.1 Å². The van der Waals surface area contributed by atoms with Crippen molar-refractivity contribution in [2.24, 2.45) is 7.05 Å². The molecule has 0 bridgehead atoms. The molecular weight excluding hydrogens is 379 g/mol. The van der Waals surface area contributed by atoms with E-state index < -0.39 is 29.2 Å². The van der Waals surface area contributed by atoms with E-state index in [-0.39, 0.29) is 24.2 Å². The van der Waals surface area contributed by atoms with Gasteiger partial charge < -0.3 is 9.84 Å². The van der Waals surface area contributed by atoms with Gasteiger partial charge in [-0.25, -0.2) is 9.78 Å². The van der Waals surface area contributed by atoms with Crippen LogP contribution in [0.25, 0.3) is 11.0 Å². The maximum Gasteiger partial charge on any atom is 0.433 e. The van der Waals surface area contributed by atoms with Crippen molar-refractivity contribution < 1.29 is 23.0 Å². The van der Waals surface area contributed by atoms with Gasteiger partial charge in [-0.3, -0.25) is 13.9 Å². The van der Waals surface area contributed by atoms with Gasteiger partial charge in [-0.2, -0.15) is 13.2 Å². The lowest BCUT2D eigenvalue weighted by Gasteiger charge is -2.15. The lowest BCUT2D eigenvalue weighted by Crippen LogP contribution is -2.43. The van der Waals surface area contributed by atoms with Crippen LogP contribution in [0.2, 0.25) is 0 Å². The highest BCUT2D eigenvalue weighted by Crippen LogP contribution is 2.28. The van der Waals surface area contributed by atoms with E-state index in [1.54, 1.807) is 30.3 Å². The molecule has 1 aromatic carbocycles. The zero-order chi connectivity index (χ0) is 20.5. The number of aliphatic hydroxyl groups excluding tert-OH is 1. The first-order valence-corrected chi connectivity index (χ1v) is 8.22. The molecule has 0 aliphatic rings. The summed E-state index contributed by atoms with van der Waals surface area (Å²) in [5, 5.41) is 9.97. The Morgan fingerprint density at radius 2 is 1.82 bits per heavy atom. The normalized spacial score (nSPS) is 12.9. The minimum atomic E-state index is -4.70. The average molecular weight is 395 g/mol. The Kier molecular flexibility index (Phi) is 5.23. The number of aliphatic hydroxyl groups is 1. The lowest BCUT2D eigenvalue weighted by atomic mass is 10.2. The maximum absolute atomic E-state index is 12.8. The molecule has 0 saturated carbocycles. The molecule has 0 saturated heterocycles. The second-order valence-electron chi connectivity index (χ2n) is 6.10. The number of ether oxygens (including phenoxy) is 1. The summed E-state index contributed by atoms with van der Waals surface area (Å²) in [6, 6.07) is 10.3. The third kappa shape index (κ3) is 3.91. The number of hydrogen-bond acceptors (Lipinski definition) is 5. The first-order chi connectivity index (χ1) is 13.2. The molecule has 0 aliphatic heterocycles. The third-order valence-corrected chi connectivity index (χ3v) is 4.06. The third-order valence-electron chi connectivity index (χ3n) is 4.06. The molecule has 28 heavy (non-hydrogen) atoms. The standard InChI is InChI=1S/C18H16F3N3O4/c1-23-15-13(7-8-14(22-15)18(19,20)21)16(26)24(17(23)27)9-11(25)10-28-12-5-3-2-4-6-12/h2-8,11,25H,9-10H2,1H3/t11-/m0/s1. The highest BCUT2D eigenvalue weighted by molar-refractivity contribution is 5.74. The van der Waals surface area contributed by atoms with E-state index in [1.807, 2.05) is 0 Å². The Morgan fingerprint density at radius 3 is 2.46 bits per heavy atom. The van der Waals surface area contributed by atoms with Crippen LogP contribution in [0, 0.1) is 0 Å². The van der Waals surface area contributed by atoms with Crippen LogP contribution in [0.4, 0.5) is 13.2 Å². The van der Waals surface area contributed by atoms with Crippen LogP contribution in [0.15, 0.2) is 52.1 Å². The van der Waals surface area contributed by atoms with Gasteiger partial charge in [-0.05, 0) is 24.3 Å². The fraction of sp³-hybridized carbons (Fsp3) is 0.278. The minimum absolute atomic E-state index is 0.161. The summed E-state index contributed by atoms with van der Waals surface area (Å²) in [6.45, 7) is -0.557. The van der Waals surface area contributed by atoms with Crippen LogP contribution < -0.4 is 16.0 Å². The van der Waals surface area contributed by atoms with Crippen molar-refractivity contribution in [3.63, 3.8) is 0 Å². The number of alkyl halides is 3. The first-order valence-electron chi connectivity index (χ1n) is 8.22. The number of halogens is 3. The molecule has 2 heterocycles. The number of benzene rings is 1. The van der Waals surface area contributed by atoms with E-state index in [0.717, 1.165) is 15.2 Å². The molecule has 3 rings (SSSR count). The van der Waals surface area contributed by atoms with E-state index in [0.29, 0.717) is 11.8 Å². The molecule has 0 aliphatic carbocycles. The van der Waals surface area contributed by atoms with E-state index in [9.17, 15) is 27.9 Å². The van der Waals surface area contributed by atoms with Crippen LogP contribution >= 0.6 is 0 Å². The molecule has 2 aromatic heterocycles. The SMILES string of the molecule is Cn1c(=O)n(C[C@H](O)COc2ccccc2)c(=O)c2ccc(C(F)(F)F)nc21. The highest BCUT2D eigenvalue weighted by Gasteiger charge is 2.33. The Labute approximate surface area is 156 Å². The van der Waals surface area contributed by atoms with Crippen molar-refractivity contribution >= 4 is 11.0 Å². The van der Waals surface area contributed by atoms with Crippen LogP contribution in [0.5, 0.6) is 5.75 Å². The second-order valence-corrected chi connectivity index (χ2v) is 6.10. The predicted octanol–water partition coefficient (Wildman–Crippen LogP) is 1.55.